The fourth-order valence-electron chi connectivity index (χ4n) is 5.12. The van der Waals surface area contributed by atoms with E-state index in [1.54, 1.807) is 11.0 Å². The highest BCUT2D eigenvalue weighted by Gasteiger charge is 2.45. The smallest absolute Gasteiger partial charge is 0.410 e. The molecule has 0 spiro atoms. The fraction of sp³-hybridized carbons (Fsp3) is 0.593. The third-order valence-corrected chi connectivity index (χ3v) is 6.90. The molecule has 3 aliphatic heterocycles. The highest BCUT2D eigenvalue weighted by atomic mass is 16.6. The molecule has 3 unspecified atom stereocenters. The van der Waals surface area contributed by atoms with Crippen LogP contribution in [0.15, 0.2) is 18.2 Å². The summed E-state index contributed by atoms with van der Waals surface area (Å²) in [6, 6.07) is 3.58. The zero-order valence-corrected chi connectivity index (χ0v) is 22.3. The van der Waals surface area contributed by atoms with E-state index in [-0.39, 0.29) is 47.6 Å². The maximum absolute atomic E-state index is 13.1. The van der Waals surface area contributed by atoms with E-state index in [0.717, 1.165) is 4.90 Å². The minimum atomic E-state index is -1.01. The Labute approximate surface area is 216 Å². The first kappa shape index (κ1) is 26.6. The van der Waals surface area contributed by atoms with Gasteiger partial charge in [-0.3, -0.25) is 29.4 Å². The number of imide groups is 2. The van der Waals surface area contributed by atoms with E-state index in [0.29, 0.717) is 25.1 Å². The number of ether oxygens (including phenoxy) is 2. The van der Waals surface area contributed by atoms with Crippen molar-refractivity contribution in [2.45, 2.75) is 91.0 Å². The van der Waals surface area contributed by atoms with Gasteiger partial charge >= 0.3 is 6.09 Å². The zero-order valence-electron chi connectivity index (χ0n) is 22.3. The van der Waals surface area contributed by atoms with Crippen LogP contribution in [-0.4, -0.2) is 69.9 Å². The minimum absolute atomic E-state index is 0.0646. The number of hydrogen-bond donors (Lipinski definition) is 1. The second kappa shape index (κ2) is 9.46. The Bertz CT molecular complexity index is 1150. The summed E-state index contributed by atoms with van der Waals surface area (Å²) < 4.78 is 11.9. The fourth-order valence-corrected chi connectivity index (χ4v) is 5.12. The highest BCUT2D eigenvalue weighted by Crippen LogP contribution is 2.36. The van der Waals surface area contributed by atoms with Crippen molar-refractivity contribution in [1.82, 2.24) is 15.1 Å². The molecule has 1 aromatic rings. The molecule has 0 bridgehead atoms. The molecule has 10 nitrogen and oxygen atoms in total. The first-order valence-electron chi connectivity index (χ1n) is 12.7. The number of fused-ring (bicyclic) bond motifs is 1. The largest absolute Gasteiger partial charge is 0.490 e. The van der Waals surface area contributed by atoms with Crippen molar-refractivity contribution in [2.24, 2.45) is 5.41 Å². The molecule has 5 amide bonds. The SMILES string of the molecule is CC(C)(C)OC(=O)N1CCC(Oc2ccc3c(c2)C(=O)N(C2CCC(=O)NC2=O)C3=O)CC1C(C)(C)C. The minimum Gasteiger partial charge on any atom is -0.490 e. The van der Waals surface area contributed by atoms with Gasteiger partial charge in [0.1, 0.15) is 23.5 Å². The first-order valence-corrected chi connectivity index (χ1v) is 12.7. The summed E-state index contributed by atoms with van der Waals surface area (Å²) in [5, 5.41) is 2.19. The Hall–Kier alpha value is -3.43. The summed E-state index contributed by atoms with van der Waals surface area (Å²) in [5.41, 5.74) is -0.440. The lowest BCUT2D eigenvalue weighted by molar-refractivity contribution is -0.136. The third-order valence-electron chi connectivity index (χ3n) is 6.90. The van der Waals surface area contributed by atoms with Crippen LogP contribution in [0.3, 0.4) is 0 Å². The van der Waals surface area contributed by atoms with E-state index in [9.17, 15) is 24.0 Å². The lowest BCUT2D eigenvalue weighted by atomic mass is 9.80. The van der Waals surface area contributed by atoms with Gasteiger partial charge in [0, 0.05) is 31.8 Å². The van der Waals surface area contributed by atoms with Gasteiger partial charge in [0.2, 0.25) is 11.8 Å². The van der Waals surface area contributed by atoms with Crippen LogP contribution in [0.4, 0.5) is 4.79 Å². The van der Waals surface area contributed by atoms with Gasteiger partial charge in [-0.25, -0.2) is 4.79 Å². The molecule has 0 radical (unpaired) electrons. The van der Waals surface area contributed by atoms with E-state index >= 15 is 0 Å². The summed E-state index contributed by atoms with van der Waals surface area (Å²) in [7, 11) is 0. The highest BCUT2D eigenvalue weighted by molar-refractivity contribution is 6.23. The monoisotopic (exact) mass is 513 g/mol. The van der Waals surface area contributed by atoms with Gasteiger partial charge in [-0.1, -0.05) is 20.8 Å². The van der Waals surface area contributed by atoms with Crippen molar-refractivity contribution in [2.75, 3.05) is 6.54 Å². The predicted octanol–water partition coefficient (Wildman–Crippen LogP) is 3.28. The third kappa shape index (κ3) is 5.47. The number of carbonyl (C=O) groups excluding carboxylic acids is 5. The number of amides is 5. The van der Waals surface area contributed by atoms with Crippen LogP contribution < -0.4 is 10.1 Å². The van der Waals surface area contributed by atoms with E-state index < -0.39 is 35.3 Å². The Kier molecular flexibility index (Phi) is 6.81. The van der Waals surface area contributed by atoms with Crippen LogP contribution in [0.2, 0.25) is 0 Å². The van der Waals surface area contributed by atoms with Crippen LogP contribution in [0.5, 0.6) is 5.75 Å². The van der Waals surface area contributed by atoms with Crippen LogP contribution in [0.1, 0.15) is 87.9 Å². The van der Waals surface area contributed by atoms with Crippen molar-refractivity contribution in [1.29, 1.82) is 0 Å². The summed E-state index contributed by atoms with van der Waals surface area (Å²) in [4.78, 5) is 65.4. The van der Waals surface area contributed by atoms with Gasteiger partial charge in [-0.15, -0.1) is 0 Å². The van der Waals surface area contributed by atoms with Crippen molar-refractivity contribution >= 4 is 29.7 Å². The molecule has 37 heavy (non-hydrogen) atoms. The molecule has 3 heterocycles. The van der Waals surface area contributed by atoms with E-state index in [1.165, 1.54) is 12.1 Å². The Balaban J connectivity index is 1.49. The first-order chi connectivity index (χ1) is 17.2. The lowest BCUT2D eigenvalue weighted by Gasteiger charge is -2.45. The zero-order chi connectivity index (χ0) is 27.3. The number of nitrogens with zero attached hydrogens (tertiary/aromatic N) is 2. The molecule has 4 rings (SSSR count). The van der Waals surface area contributed by atoms with Crippen molar-refractivity contribution in [3.05, 3.63) is 29.3 Å². The van der Waals surface area contributed by atoms with Crippen LogP contribution >= 0.6 is 0 Å². The molecule has 3 aliphatic rings. The summed E-state index contributed by atoms with van der Waals surface area (Å²) in [6.45, 7) is 12.2. The summed E-state index contributed by atoms with van der Waals surface area (Å²) in [6.07, 6.45) is 0.771. The number of hydrogen-bond acceptors (Lipinski definition) is 7. The molecule has 10 heteroatoms. The molecular weight excluding hydrogens is 478 g/mol. The second-order valence-electron chi connectivity index (χ2n) is 12.0. The van der Waals surface area contributed by atoms with Gasteiger partial charge in [0.25, 0.3) is 11.8 Å². The van der Waals surface area contributed by atoms with Gasteiger partial charge in [-0.05, 0) is 50.8 Å². The molecule has 0 saturated carbocycles. The Morgan fingerprint density at radius 2 is 1.65 bits per heavy atom. The molecule has 3 atom stereocenters. The van der Waals surface area contributed by atoms with Gasteiger partial charge < -0.3 is 14.4 Å². The molecule has 1 N–H and O–H groups in total. The number of rotatable bonds is 3. The maximum atomic E-state index is 13.1. The van der Waals surface area contributed by atoms with Crippen LogP contribution in [-0.2, 0) is 14.3 Å². The Morgan fingerprint density at radius 3 is 2.27 bits per heavy atom. The van der Waals surface area contributed by atoms with E-state index in [1.807, 2.05) is 20.8 Å². The number of likely N-dealkylation sites (tertiary alicyclic amines) is 1. The quantitative estimate of drug-likeness (QED) is 0.616. The van der Waals surface area contributed by atoms with Gasteiger partial charge in [-0.2, -0.15) is 0 Å². The predicted molar refractivity (Wildman–Crippen MR) is 133 cm³/mol. The molecule has 1 aromatic carbocycles. The average Bonchev–Trinajstić information content (AvgIpc) is 3.02. The van der Waals surface area contributed by atoms with Crippen molar-refractivity contribution in [3.63, 3.8) is 0 Å². The van der Waals surface area contributed by atoms with Gasteiger partial charge in [0.05, 0.1) is 11.1 Å². The van der Waals surface area contributed by atoms with Crippen LogP contribution in [0, 0.1) is 5.41 Å². The van der Waals surface area contributed by atoms with Crippen molar-refractivity contribution in [3.8, 4) is 5.75 Å². The van der Waals surface area contributed by atoms with E-state index in [2.05, 4.69) is 26.1 Å². The molecule has 2 saturated heterocycles. The Morgan fingerprint density at radius 1 is 0.973 bits per heavy atom. The van der Waals surface area contributed by atoms with Gasteiger partial charge in [0.15, 0.2) is 0 Å². The number of carbonyl (C=O) groups is 5. The maximum Gasteiger partial charge on any atom is 0.410 e. The topological polar surface area (TPSA) is 122 Å². The number of benzene rings is 1. The lowest BCUT2D eigenvalue weighted by Crippen LogP contribution is -2.55. The molecule has 0 aromatic heterocycles. The molecule has 200 valence electrons. The van der Waals surface area contributed by atoms with Crippen LogP contribution in [0.25, 0.3) is 0 Å². The normalized spacial score (nSPS) is 24.6. The molecule has 2 fully saturated rings. The van der Waals surface area contributed by atoms with E-state index in [4.69, 9.17) is 9.47 Å². The number of nitrogens with one attached hydrogen (secondary N) is 1. The molecule has 0 aliphatic carbocycles. The van der Waals surface area contributed by atoms with Crippen molar-refractivity contribution < 1.29 is 33.4 Å². The summed E-state index contributed by atoms with van der Waals surface area (Å²) >= 11 is 0. The second-order valence-corrected chi connectivity index (χ2v) is 12.0. The standard InChI is InChI=1S/C27H35N3O7/c1-26(2,3)20-14-16(11-12-29(20)25(35)37-27(4,5)6)36-15-7-8-17-18(13-15)24(34)30(23(17)33)19-9-10-21(31)28-22(19)32/h7-8,13,16,19-20H,9-12,14H2,1-6H3,(H,28,31,32). The summed E-state index contributed by atoms with van der Waals surface area (Å²) in [5.74, 6) is -1.76. The molecular formula is C27H35N3O7. The average molecular weight is 514 g/mol. The number of piperidine rings is 2.